The summed E-state index contributed by atoms with van der Waals surface area (Å²) in [6, 6.07) is 8.08. The van der Waals surface area contributed by atoms with Crippen molar-refractivity contribution < 1.29 is 5.11 Å². The molecule has 0 amide bonds. The van der Waals surface area contributed by atoms with Crippen molar-refractivity contribution in [2.24, 2.45) is 11.8 Å². The minimum absolute atomic E-state index is 0.531. The van der Waals surface area contributed by atoms with E-state index in [0.717, 1.165) is 0 Å². The molecule has 0 saturated heterocycles. The number of para-hydroxylation sites is 1. The van der Waals surface area contributed by atoms with Gasteiger partial charge in [0.1, 0.15) is 0 Å². The second-order valence-corrected chi connectivity index (χ2v) is 11.2. The van der Waals surface area contributed by atoms with E-state index in [1.165, 1.54) is 30.2 Å². The van der Waals surface area contributed by atoms with Crippen LogP contribution in [0.5, 0.6) is 5.75 Å². The Labute approximate surface area is 119 Å². The van der Waals surface area contributed by atoms with Gasteiger partial charge in [-0.1, -0.05) is 0 Å². The number of benzene rings is 1. The van der Waals surface area contributed by atoms with E-state index in [4.69, 9.17) is 0 Å². The normalized spacial score (nSPS) is 13.2. The SMILES string of the molecule is CCC[PH](CC(C)C)(CC(C)C)c1ccccc1O. The fraction of sp³-hybridized carbons (Fsp3) is 0.647. The number of aromatic hydroxyl groups is 1. The number of phenolic OH excluding ortho intramolecular Hbond substituents is 1. The van der Waals surface area contributed by atoms with Gasteiger partial charge in [-0.05, 0) is 0 Å². The maximum absolute atomic E-state index is 10.3. The Balaban J connectivity index is 3.24. The predicted molar refractivity (Wildman–Crippen MR) is 90.6 cm³/mol. The molecule has 0 aliphatic rings. The summed E-state index contributed by atoms with van der Waals surface area (Å²) >= 11 is 0. The van der Waals surface area contributed by atoms with Crippen LogP contribution in [0.25, 0.3) is 0 Å². The number of hydrogen-bond donors (Lipinski definition) is 1. The molecule has 110 valence electrons. The standard InChI is InChI=1S/C17H31OP/c1-6-11-19(12-14(2)3,13-15(4)5)17-10-8-7-9-16(17)18/h7-10,14-15,18-19H,6,11-13H2,1-5H3. The van der Waals surface area contributed by atoms with Crippen LogP contribution < -0.4 is 5.30 Å². The molecule has 1 aromatic carbocycles. The molecule has 1 aromatic rings. The van der Waals surface area contributed by atoms with E-state index in [-0.39, 0.29) is 0 Å². The average molecular weight is 282 g/mol. The Kier molecular flexibility index (Phi) is 6.33. The Morgan fingerprint density at radius 2 is 1.53 bits per heavy atom. The van der Waals surface area contributed by atoms with Crippen molar-refractivity contribution in [1.82, 2.24) is 0 Å². The maximum atomic E-state index is 10.3. The first-order valence-corrected chi connectivity index (χ1v) is 10.3. The first-order chi connectivity index (χ1) is 8.91. The average Bonchev–Trinajstić information content (AvgIpc) is 2.27. The van der Waals surface area contributed by atoms with Crippen molar-refractivity contribution in [3.63, 3.8) is 0 Å². The van der Waals surface area contributed by atoms with E-state index in [2.05, 4.69) is 46.8 Å². The summed E-state index contributed by atoms with van der Waals surface area (Å²) in [7, 11) is -1.59. The Bertz CT molecular complexity index is 375. The van der Waals surface area contributed by atoms with E-state index in [1.54, 1.807) is 0 Å². The summed E-state index contributed by atoms with van der Waals surface area (Å²) < 4.78 is 0. The summed E-state index contributed by atoms with van der Waals surface area (Å²) in [6.45, 7) is 11.5. The fourth-order valence-corrected chi connectivity index (χ4v) is 10.0. The molecule has 0 spiro atoms. The summed E-state index contributed by atoms with van der Waals surface area (Å²) in [5.74, 6) is 1.94. The van der Waals surface area contributed by atoms with Crippen LogP contribution in [-0.2, 0) is 0 Å². The summed E-state index contributed by atoms with van der Waals surface area (Å²) in [5, 5.41) is 11.6. The van der Waals surface area contributed by atoms with Crippen molar-refractivity contribution in [3.05, 3.63) is 24.3 Å². The van der Waals surface area contributed by atoms with Gasteiger partial charge in [-0.3, -0.25) is 0 Å². The molecule has 0 aliphatic heterocycles. The molecule has 0 aliphatic carbocycles. The summed E-state index contributed by atoms with van der Waals surface area (Å²) in [6.07, 6.45) is 5.09. The van der Waals surface area contributed by atoms with Gasteiger partial charge in [0.25, 0.3) is 0 Å². The molecule has 0 saturated carbocycles. The first-order valence-electron chi connectivity index (χ1n) is 7.69. The number of phenols is 1. The third-order valence-electron chi connectivity index (χ3n) is 3.80. The van der Waals surface area contributed by atoms with Crippen molar-refractivity contribution in [3.8, 4) is 5.75 Å². The Hall–Kier alpha value is -0.550. The van der Waals surface area contributed by atoms with Crippen LogP contribution in [0.15, 0.2) is 24.3 Å². The number of hydrogen-bond acceptors (Lipinski definition) is 1. The van der Waals surface area contributed by atoms with Crippen LogP contribution in [0.1, 0.15) is 41.0 Å². The topological polar surface area (TPSA) is 20.2 Å². The van der Waals surface area contributed by atoms with Crippen LogP contribution in [0.2, 0.25) is 0 Å². The third kappa shape index (κ3) is 4.49. The van der Waals surface area contributed by atoms with Gasteiger partial charge in [-0.25, -0.2) is 0 Å². The van der Waals surface area contributed by atoms with E-state index < -0.39 is 7.26 Å². The van der Waals surface area contributed by atoms with Crippen molar-refractivity contribution in [1.29, 1.82) is 0 Å². The van der Waals surface area contributed by atoms with Gasteiger partial charge in [0.05, 0.1) is 0 Å². The molecular formula is C17H31OP. The minimum atomic E-state index is -1.59. The van der Waals surface area contributed by atoms with Crippen LogP contribution in [0.3, 0.4) is 0 Å². The third-order valence-corrected chi connectivity index (χ3v) is 10.0. The predicted octanol–water partition coefficient (Wildman–Crippen LogP) is 4.49. The van der Waals surface area contributed by atoms with Gasteiger partial charge < -0.3 is 0 Å². The van der Waals surface area contributed by atoms with Crippen LogP contribution >= 0.6 is 7.26 Å². The molecule has 0 heterocycles. The second-order valence-electron chi connectivity index (χ2n) is 6.74. The Morgan fingerprint density at radius 1 is 1.00 bits per heavy atom. The van der Waals surface area contributed by atoms with Crippen molar-refractivity contribution in [2.45, 2.75) is 41.0 Å². The zero-order chi connectivity index (χ0) is 14.5. The molecule has 19 heavy (non-hydrogen) atoms. The van der Waals surface area contributed by atoms with Crippen LogP contribution in [-0.4, -0.2) is 23.6 Å². The van der Waals surface area contributed by atoms with Gasteiger partial charge in [0.15, 0.2) is 0 Å². The van der Waals surface area contributed by atoms with Crippen LogP contribution in [0.4, 0.5) is 0 Å². The second kappa shape index (κ2) is 7.29. The molecule has 0 radical (unpaired) electrons. The molecule has 1 nitrogen and oxygen atoms in total. The molecule has 1 rings (SSSR count). The van der Waals surface area contributed by atoms with Gasteiger partial charge in [-0.15, -0.1) is 0 Å². The van der Waals surface area contributed by atoms with E-state index in [1.807, 2.05) is 12.1 Å². The molecule has 2 heteroatoms. The quantitative estimate of drug-likeness (QED) is 0.731. The van der Waals surface area contributed by atoms with Crippen molar-refractivity contribution in [2.75, 3.05) is 18.5 Å². The molecule has 0 unspecified atom stereocenters. The van der Waals surface area contributed by atoms with Gasteiger partial charge >= 0.3 is 119 Å². The van der Waals surface area contributed by atoms with E-state index >= 15 is 0 Å². The summed E-state index contributed by atoms with van der Waals surface area (Å²) in [4.78, 5) is 0. The fourth-order valence-electron chi connectivity index (χ4n) is 3.61. The van der Waals surface area contributed by atoms with Crippen molar-refractivity contribution >= 4 is 12.6 Å². The first kappa shape index (κ1) is 16.5. The molecule has 1 N–H and O–H groups in total. The van der Waals surface area contributed by atoms with Gasteiger partial charge in [-0.2, -0.15) is 0 Å². The molecule has 0 fully saturated rings. The molecule has 0 bridgehead atoms. The number of rotatable bonds is 7. The zero-order valence-electron chi connectivity index (χ0n) is 13.2. The van der Waals surface area contributed by atoms with E-state index in [9.17, 15) is 5.11 Å². The van der Waals surface area contributed by atoms with Crippen LogP contribution in [0, 0.1) is 11.8 Å². The zero-order valence-corrected chi connectivity index (χ0v) is 14.2. The molecule has 0 aromatic heterocycles. The molecule has 0 atom stereocenters. The molecular weight excluding hydrogens is 251 g/mol. The van der Waals surface area contributed by atoms with Gasteiger partial charge in [0, 0.05) is 0 Å². The Morgan fingerprint density at radius 3 is 1.95 bits per heavy atom. The monoisotopic (exact) mass is 282 g/mol. The van der Waals surface area contributed by atoms with Gasteiger partial charge in [0.2, 0.25) is 0 Å². The summed E-state index contributed by atoms with van der Waals surface area (Å²) in [5.41, 5.74) is 0. The van der Waals surface area contributed by atoms with E-state index in [0.29, 0.717) is 17.6 Å².